The predicted octanol–water partition coefficient (Wildman–Crippen LogP) is 9.84. The number of fused-ring (bicyclic) bond motifs is 1. The average molecular weight is 849 g/mol. The summed E-state index contributed by atoms with van der Waals surface area (Å²) in [4.78, 5) is 31.4. The van der Waals surface area contributed by atoms with Gasteiger partial charge in [0.15, 0.2) is 17.2 Å². The predicted molar refractivity (Wildman–Crippen MR) is 241 cm³/mol. The van der Waals surface area contributed by atoms with Crippen LogP contribution in [0, 0.1) is 34.3 Å². The van der Waals surface area contributed by atoms with E-state index in [0.29, 0.717) is 11.3 Å². The second-order valence-electron chi connectivity index (χ2n) is 17.7. The summed E-state index contributed by atoms with van der Waals surface area (Å²) in [6.07, 6.45) is 10.5. The van der Waals surface area contributed by atoms with Crippen LogP contribution in [0.3, 0.4) is 0 Å². The normalized spacial score (nSPS) is 15.4. The van der Waals surface area contributed by atoms with Crippen molar-refractivity contribution >= 4 is 45.8 Å². The number of rotatable bonds is 11. The van der Waals surface area contributed by atoms with Gasteiger partial charge in [0.25, 0.3) is 11.8 Å². The number of carbonyl (C=O) groups is 2. The van der Waals surface area contributed by atoms with Gasteiger partial charge in [-0.25, -0.2) is 4.52 Å². The van der Waals surface area contributed by atoms with Gasteiger partial charge in [0, 0.05) is 65.9 Å². The Bertz CT molecular complexity index is 2430. The Morgan fingerprint density at radius 2 is 1.44 bits per heavy atom. The van der Waals surface area contributed by atoms with Crippen molar-refractivity contribution in [2.24, 2.45) is 0 Å². The third-order valence-electron chi connectivity index (χ3n) is 12.4. The van der Waals surface area contributed by atoms with Crippen LogP contribution in [-0.4, -0.2) is 71.8 Å². The van der Waals surface area contributed by atoms with Gasteiger partial charge in [0.1, 0.15) is 0 Å². The average Bonchev–Trinajstić information content (AvgIpc) is 3.86. The molecule has 13 nitrogen and oxygen atoms in total. The first-order chi connectivity index (χ1) is 29.1. The third-order valence-corrected chi connectivity index (χ3v) is 13.1. The quantitative estimate of drug-likeness (QED) is 0.0882. The van der Waals surface area contributed by atoms with E-state index in [1.54, 1.807) is 28.0 Å². The van der Waals surface area contributed by atoms with Crippen LogP contribution in [0.2, 0.25) is 0 Å². The number of nitrogens with zero attached hydrogens (tertiary/aromatic N) is 5. The topological polar surface area (TPSA) is 157 Å². The molecule has 0 radical (unpaired) electrons. The van der Waals surface area contributed by atoms with Crippen LogP contribution in [-0.2, 0) is 21.3 Å². The molecule has 2 aliphatic rings. The molecule has 324 valence electrons. The van der Waals surface area contributed by atoms with Crippen LogP contribution < -0.4 is 14.2 Å². The molecule has 0 aliphatic heterocycles. The van der Waals surface area contributed by atoms with Crippen LogP contribution >= 0.6 is 0 Å². The molecule has 2 amide bonds. The van der Waals surface area contributed by atoms with Crippen molar-refractivity contribution in [2.75, 3.05) is 24.1 Å². The zero-order valence-corrected chi connectivity index (χ0v) is 37.8. The van der Waals surface area contributed by atoms with Gasteiger partial charge in [-0.15, -0.1) is 10.2 Å². The third kappa shape index (κ3) is 9.88. The van der Waals surface area contributed by atoms with Crippen LogP contribution in [0.25, 0.3) is 17.0 Å². The fourth-order valence-electron chi connectivity index (χ4n) is 8.77. The zero-order valence-electron chi connectivity index (χ0n) is 37.0. The van der Waals surface area contributed by atoms with E-state index in [1.165, 1.54) is 12.8 Å². The molecule has 61 heavy (non-hydrogen) atoms. The molecule has 0 spiro atoms. The van der Waals surface area contributed by atoms with Crippen LogP contribution in [0.4, 0.5) is 17.1 Å². The standard InChI is InChI=1S/C46H60N8O4S.CO/c1-28-20-22-33(26-37(28)47-42-30(3)24-29(2)41(31(42)4)43-49-48-40-27-39(46(5,6)7)50-54(40)43)51-59(57)58-38-25-32(44(55)52(8)34-16-12-10-13-17-34)21-23-36(38)45(56)53(9)35-18-14-11-15-19-35;1-2/h20-27,34-35,47,50-51H,10-19H2,1-9H3;. The van der Waals surface area contributed by atoms with Crippen molar-refractivity contribution < 1.29 is 22.6 Å². The van der Waals surface area contributed by atoms with Gasteiger partial charge in [0.2, 0.25) is 0 Å². The zero-order chi connectivity index (χ0) is 44.2. The van der Waals surface area contributed by atoms with Crippen molar-refractivity contribution in [3.63, 3.8) is 0 Å². The monoisotopic (exact) mass is 848 g/mol. The summed E-state index contributed by atoms with van der Waals surface area (Å²) in [6, 6.07) is 15.1. The van der Waals surface area contributed by atoms with E-state index in [1.807, 2.05) is 49.8 Å². The van der Waals surface area contributed by atoms with E-state index >= 15 is 0 Å². The molecule has 3 N–H and O–H groups in total. The van der Waals surface area contributed by atoms with Gasteiger partial charge in [-0.05, 0) is 106 Å². The summed E-state index contributed by atoms with van der Waals surface area (Å²) in [5.41, 5.74) is 9.88. The molecular formula is C47H60N8O5S. The molecule has 3 aromatic carbocycles. The van der Waals surface area contributed by atoms with E-state index < -0.39 is 11.3 Å². The molecule has 0 saturated heterocycles. The molecule has 2 saturated carbocycles. The molecule has 0 bridgehead atoms. The van der Waals surface area contributed by atoms with Gasteiger partial charge in [0.05, 0.1) is 11.3 Å². The second kappa shape index (κ2) is 19.1. The van der Waals surface area contributed by atoms with Crippen LogP contribution in [0.5, 0.6) is 5.75 Å². The number of amides is 2. The number of H-pyrrole nitrogens is 1. The fourth-order valence-corrected chi connectivity index (χ4v) is 9.43. The molecule has 14 heteroatoms. The summed E-state index contributed by atoms with van der Waals surface area (Å²) >= 11 is -2.11. The van der Waals surface area contributed by atoms with E-state index in [0.717, 1.165) is 108 Å². The first-order valence-corrected chi connectivity index (χ1v) is 22.4. The number of nitrogens with one attached hydrogen (secondary N) is 3. The van der Waals surface area contributed by atoms with Crippen LogP contribution in [0.1, 0.15) is 134 Å². The molecule has 2 fully saturated rings. The number of aryl methyl sites for hydroxylation is 3. The van der Waals surface area contributed by atoms with Gasteiger partial charge in [-0.3, -0.25) is 19.4 Å². The first-order valence-electron chi connectivity index (χ1n) is 21.3. The Morgan fingerprint density at radius 1 is 0.820 bits per heavy atom. The summed E-state index contributed by atoms with van der Waals surface area (Å²) in [6.45, 7) is 19.3. The number of carbonyl (C=O) groups excluding carboxylic acids is 2. The molecule has 2 aromatic heterocycles. The summed E-state index contributed by atoms with van der Waals surface area (Å²) in [7, 11) is 3.67. The fraction of sp³-hybridized carbons (Fsp3) is 0.468. The van der Waals surface area contributed by atoms with Crippen molar-refractivity contribution in [1.82, 2.24) is 29.6 Å². The summed E-state index contributed by atoms with van der Waals surface area (Å²) in [5.74, 6) is 0.485. The first kappa shape index (κ1) is 45.1. The van der Waals surface area contributed by atoms with Gasteiger partial charge in [-0.1, -0.05) is 71.4 Å². The van der Waals surface area contributed by atoms with Gasteiger partial charge >= 0.3 is 22.6 Å². The van der Waals surface area contributed by atoms with Gasteiger partial charge in [-0.2, -0.15) is 4.21 Å². The minimum absolute atomic E-state index is 0.0768. The van der Waals surface area contributed by atoms with Crippen molar-refractivity contribution in [2.45, 2.75) is 130 Å². The number of hydrogen-bond acceptors (Lipinski definition) is 7. The Hall–Kier alpha value is -5.43. The summed E-state index contributed by atoms with van der Waals surface area (Å²) in [5, 5.41) is 16.3. The van der Waals surface area contributed by atoms with E-state index in [9.17, 15) is 13.8 Å². The molecule has 1 atom stereocenters. The molecule has 2 aliphatic carbocycles. The molecule has 7 rings (SSSR count). The molecule has 5 aromatic rings. The second-order valence-corrected chi connectivity index (χ2v) is 18.6. The van der Waals surface area contributed by atoms with Crippen molar-refractivity contribution in [3.05, 3.63) is 94.3 Å². The number of hydrogen-bond donors (Lipinski definition) is 3. The van der Waals surface area contributed by atoms with Crippen molar-refractivity contribution in [1.29, 1.82) is 0 Å². The maximum atomic E-state index is 14.0. The summed E-state index contributed by atoms with van der Waals surface area (Å²) < 4.78 is 32.4. The van der Waals surface area contributed by atoms with Gasteiger partial charge < -0.3 is 19.3 Å². The Balaban J connectivity index is 0.00000307. The van der Waals surface area contributed by atoms with E-state index in [4.69, 9.17) is 8.84 Å². The Kier molecular flexibility index (Phi) is 14.1. The number of aromatic nitrogens is 4. The van der Waals surface area contributed by atoms with E-state index in [2.05, 4.69) is 79.6 Å². The van der Waals surface area contributed by atoms with Crippen LogP contribution in [0.15, 0.2) is 48.5 Å². The number of aromatic amines is 1. The van der Waals surface area contributed by atoms with Crippen molar-refractivity contribution in [3.8, 4) is 17.1 Å². The number of anilines is 3. The number of benzene rings is 3. The van der Waals surface area contributed by atoms with E-state index in [-0.39, 0.29) is 40.6 Å². The minimum atomic E-state index is -2.11. The molecular weight excluding hydrogens is 789 g/mol. The molecule has 1 unspecified atom stereocenters. The Labute approximate surface area is 362 Å². The molecule has 2 heterocycles. The SMILES string of the molecule is Cc1ccc(NS(=O)Oc2cc(C(=O)N(C)C3CCCCC3)ccc2C(=O)N(C)C2CCCCC2)cc1Nc1c(C)cc(C)c(-c2nnc3cc(C(C)(C)C)[nH]n23)c1C.[C-]#[O+]. The maximum absolute atomic E-state index is 14.0. The Morgan fingerprint density at radius 3 is 2.07 bits per heavy atom.